The first-order valence-electron chi connectivity index (χ1n) is 7.28. The van der Waals surface area contributed by atoms with Gasteiger partial charge in [0.25, 0.3) is 5.78 Å². The summed E-state index contributed by atoms with van der Waals surface area (Å²) in [6, 6.07) is 7.09. The largest absolute Gasteiger partial charge is 0.486 e. The number of hydrogen-bond donors (Lipinski definition) is 1. The first-order valence-corrected chi connectivity index (χ1v) is 8.26. The molecule has 0 radical (unpaired) electrons. The molecule has 0 saturated heterocycles. The van der Waals surface area contributed by atoms with Gasteiger partial charge in [-0.2, -0.15) is 4.98 Å². The van der Waals surface area contributed by atoms with Crippen LogP contribution in [0.25, 0.3) is 5.78 Å². The number of nitrogens with zero attached hydrogens (tertiary/aromatic N) is 4. The number of rotatable bonds is 4. The van der Waals surface area contributed by atoms with E-state index < -0.39 is 0 Å². The normalized spacial score (nSPS) is 13.0. The van der Waals surface area contributed by atoms with Crippen molar-refractivity contribution in [2.24, 2.45) is 0 Å². The van der Waals surface area contributed by atoms with E-state index in [4.69, 9.17) is 9.47 Å². The van der Waals surface area contributed by atoms with Crippen molar-refractivity contribution in [1.29, 1.82) is 0 Å². The van der Waals surface area contributed by atoms with Crippen LogP contribution in [0.3, 0.4) is 0 Å². The van der Waals surface area contributed by atoms with Gasteiger partial charge in [-0.25, -0.2) is 9.50 Å². The Hall–Kier alpha value is -2.81. The lowest BCUT2D eigenvalue weighted by molar-refractivity contribution is -0.113. The van der Waals surface area contributed by atoms with Crippen molar-refractivity contribution in [2.45, 2.75) is 5.16 Å². The highest BCUT2D eigenvalue weighted by Crippen LogP contribution is 2.32. The molecule has 1 aliphatic heterocycles. The molecule has 1 aliphatic rings. The smallest absolute Gasteiger partial charge is 0.253 e. The SMILES string of the molecule is O=C(CSc1nc2ncccn2n1)Nc1ccc2c(c1)OCCO2. The van der Waals surface area contributed by atoms with Crippen LogP contribution in [-0.2, 0) is 4.79 Å². The molecule has 122 valence electrons. The van der Waals surface area contributed by atoms with E-state index in [0.29, 0.717) is 41.3 Å². The Labute approximate surface area is 141 Å². The van der Waals surface area contributed by atoms with Gasteiger partial charge in [-0.1, -0.05) is 11.8 Å². The van der Waals surface area contributed by atoms with Gasteiger partial charge in [0.05, 0.1) is 5.75 Å². The second-order valence-electron chi connectivity index (χ2n) is 4.95. The van der Waals surface area contributed by atoms with E-state index in [1.54, 1.807) is 41.2 Å². The number of benzene rings is 1. The second-order valence-corrected chi connectivity index (χ2v) is 5.90. The summed E-state index contributed by atoms with van der Waals surface area (Å²) in [6.45, 7) is 1.05. The molecular formula is C15H13N5O3S. The van der Waals surface area contributed by atoms with Gasteiger partial charge < -0.3 is 14.8 Å². The summed E-state index contributed by atoms with van der Waals surface area (Å²) < 4.78 is 12.5. The van der Waals surface area contributed by atoms with E-state index in [0.717, 1.165) is 0 Å². The van der Waals surface area contributed by atoms with Gasteiger partial charge in [-0.15, -0.1) is 5.10 Å². The molecule has 0 spiro atoms. The third-order valence-electron chi connectivity index (χ3n) is 3.26. The van der Waals surface area contributed by atoms with Crippen LogP contribution < -0.4 is 14.8 Å². The van der Waals surface area contributed by atoms with Crippen molar-refractivity contribution in [3.8, 4) is 11.5 Å². The molecule has 1 amide bonds. The number of carbonyl (C=O) groups excluding carboxylic acids is 1. The summed E-state index contributed by atoms with van der Waals surface area (Å²) in [4.78, 5) is 20.4. The number of carbonyl (C=O) groups is 1. The van der Waals surface area contributed by atoms with Crippen LogP contribution in [-0.4, -0.2) is 44.5 Å². The minimum absolute atomic E-state index is 0.150. The summed E-state index contributed by atoms with van der Waals surface area (Å²) in [6.07, 6.45) is 3.40. The third-order valence-corrected chi connectivity index (χ3v) is 4.09. The van der Waals surface area contributed by atoms with Crippen molar-refractivity contribution in [3.05, 3.63) is 36.7 Å². The Morgan fingerprint density at radius 3 is 3.04 bits per heavy atom. The molecular weight excluding hydrogens is 330 g/mol. The fourth-order valence-electron chi connectivity index (χ4n) is 2.22. The molecule has 1 aromatic carbocycles. The molecule has 1 N–H and O–H groups in total. The molecule has 24 heavy (non-hydrogen) atoms. The molecule has 0 atom stereocenters. The predicted molar refractivity (Wildman–Crippen MR) is 87.6 cm³/mol. The number of anilines is 1. The fourth-order valence-corrected chi connectivity index (χ4v) is 2.85. The minimum atomic E-state index is -0.150. The average molecular weight is 343 g/mol. The average Bonchev–Trinajstić information content (AvgIpc) is 3.03. The maximum Gasteiger partial charge on any atom is 0.253 e. The second kappa shape index (κ2) is 6.36. The van der Waals surface area contributed by atoms with Gasteiger partial charge in [0.2, 0.25) is 11.1 Å². The van der Waals surface area contributed by atoms with Crippen molar-refractivity contribution in [3.63, 3.8) is 0 Å². The van der Waals surface area contributed by atoms with E-state index in [2.05, 4.69) is 20.4 Å². The van der Waals surface area contributed by atoms with Crippen molar-refractivity contribution < 1.29 is 14.3 Å². The predicted octanol–water partition coefficient (Wildman–Crippen LogP) is 1.63. The third kappa shape index (κ3) is 3.11. The Morgan fingerprint density at radius 1 is 1.29 bits per heavy atom. The van der Waals surface area contributed by atoms with Crippen LogP contribution in [0.1, 0.15) is 0 Å². The topological polar surface area (TPSA) is 90.6 Å². The van der Waals surface area contributed by atoms with Crippen LogP contribution in [0.5, 0.6) is 11.5 Å². The molecule has 0 unspecified atom stereocenters. The maximum absolute atomic E-state index is 12.1. The maximum atomic E-state index is 12.1. The highest BCUT2D eigenvalue weighted by Gasteiger charge is 2.13. The Balaban J connectivity index is 1.38. The fraction of sp³-hybridized carbons (Fsp3) is 0.200. The van der Waals surface area contributed by atoms with E-state index in [9.17, 15) is 4.79 Å². The van der Waals surface area contributed by atoms with Gasteiger partial charge in [-0.3, -0.25) is 4.79 Å². The lowest BCUT2D eigenvalue weighted by Gasteiger charge is -2.18. The summed E-state index contributed by atoms with van der Waals surface area (Å²) in [7, 11) is 0. The van der Waals surface area contributed by atoms with Gasteiger partial charge in [0, 0.05) is 24.1 Å². The zero-order valence-corrected chi connectivity index (χ0v) is 13.3. The number of fused-ring (bicyclic) bond motifs is 2. The highest BCUT2D eigenvalue weighted by atomic mass is 32.2. The van der Waals surface area contributed by atoms with Crippen LogP contribution in [0.15, 0.2) is 41.8 Å². The Morgan fingerprint density at radius 2 is 2.17 bits per heavy atom. The number of hydrogen-bond acceptors (Lipinski definition) is 7. The lowest BCUT2D eigenvalue weighted by Crippen LogP contribution is -2.17. The standard InChI is InChI=1S/C15H13N5O3S/c21-13(9-24-15-18-14-16-4-1-5-20(14)19-15)17-10-2-3-11-12(8-10)23-7-6-22-11/h1-5,8H,6-7,9H2,(H,17,21). The number of amides is 1. The molecule has 9 heteroatoms. The quantitative estimate of drug-likeness (QED) is 0.720. The van der Waals surface area contributed by atoms with Crippen LogP contribution in [0.4, 0.5) is 5.69 Å². The monoisotopic (exact) mass is 343 g/mol. The number of aromatic nitrogens is 4. The van der Waals surface area contributed by atoms with E-state index >= 15 is 0 Å². The van der Waals surface area contributed by atoms with E-state index in [1.807, 2.05) is 0 Å². The Kier molecular flexibility index (Phi) is 3.91. The van der Waals surface area contributed by atoms with Gasteiger partial charge in [-0.05, 0) is 18.2 Å². The lowest BCUT2D eigenvalue weighted by atomic mass is 10.2. The zero-order chi connectivity index (χ0) is 16.4. The van der Waals surface area contributed by atoms with Crippen molar-refractivity contribution in [2.75, 3.05) is 24.3 Å². The van der Waals surface area contributed by atoms with Crippen LogP contribution >= 0.6 is 11.8 Å². The molecule has 8 nitrogen and oxygen atoms in total. The van der Waals surface area contributed by atoms with Crippen molar-refractivity contribution in [1.82, 2.24) is 19.6 Å². The summed E-state index contributed by atoms with van der Waals surface area (Å²) in [5.74, 6) is 1.89. The zero-order valence-electron chi connectivity index (χ0n) is 12.5. The van der Waals surface area contributed by atoms with Gasteiger partial charge >= 0.3 is 0 Å². The van der Waals surface area contributed by atoms with Crippen molar-refractivity contribution >= 4 is 29.1 Å². The molecule has 0 fully saturated rings. The molecule has 3 aromatic rings. The summed E-state index contributed by atoms with van der Waals surface area (Å²) >= 11 is 1.25. The first-order chi connectivity index (χ1) is 11.8. The number of nitrogens with one attached hydrogen (secondary N) is 1. The number of ether oxygens (including phenoxy) is 2. The van der Waals surface area contributed by atoms with Crippen LogP contribution in [0, 0.1) is 0 Å². The number of thioether (sulfide) groups is 1. The highest BCUT2D eigenvalue weighted by molar-refractivity contribution is 7.99. The molecule has 4 rings (SSSR count). The van der Waals surface area contributed by atoms with E-state index in [-0.39, 0.29) is 11.7 Å². The molecule has 0 aliphatic carbocycles. The minimum Gasteiger partial charge on any atom is -0.486 e. The van der Waals surface area contributed by atoms with Gasteiger partial charge in [0.15, 0.2) is 11.5 Å². The molecule has 0 saturated carbocycles. The Bertz CT molecular complexity index is 865. The summed E-state index contributed by atoms with van der Waals surface area (Å²) in [5.41, 5.74) is 0.662. The molecule has 2 aromatic heterocycles. The van der Waals surface area contributed by atoms with Gasteiger partial charge in [0.1, 0.15) is 13.2 Å². The van der Waals surface area contributed by atoms with Crippen LogP contribution in [0.2, 0.25) is 0 Å². The molecule has 0 bridgehead atoms. The molecule has 3 heterocycles. The van der Waals surface area contributed by atoms with E-state index in [1.165, 1.54) is 11.8 Å². The first kappa shape index (κ1) is 14.8. The summed E-state index contributed by atoms with van der Waals surface area (Å²) in [5, 5.41) is 7.57.